The first-order valence-electron chi connectivity index (χ1n) is 8.89. The number of aromatic nitrogens is 1. The highest BCUT2D eigenvalue weighted by atomic mass is 32.2. The fraction of sp³-hybridized carbons (Fsp3) is 0.471. The molecule has 3 heterocycles. The van der Waals surface area contributed by atoms with Crippen LogP contribution in [-0.4, -0.2) is 95.6 Å². The molecule has 1 fully saturated rings. The maximum Gasteiger partial charge on any atom is 0.353 e. The number of carboxylic acid groups (broad SMARTS) is 1. The quantitative estimate of drug-likeness (QED) is 0.216. The second-order valence-corrected chi connectivity index (χ2v) is 9.76. The Labute approximate surface area is 181 Å². The summed E-state index contributed by atoms with van der Waals surface area (Å²) in [5.41, 5.74) is 5.72. The molecular formula is C17H23N6O5S2+. The summed E-state index contributed by atoms with van der Waals surface area (Å²) in [4.78, 5) is 48.0. The molecule has 13 heteroatoms. The average Bonchev–Trinajstić information content (AvgIpc) is 3.08. The summed E-state index contributed by atoms with van der Waals surface area (Å²) >= 11 is 2.54. The minimum Gasteiger partial charge on any atom is -0.477 e. The monoisotopic (exact) mass is 455 g/mol. The van der Waals surface area contributed by atoms with E-state index in [1.54, 1.807) is 5.38 Å². The van der Waals surface area contributed by atoms with Gasteiger partial charge in [0.25, 0.3) is 11.8 Å². The molecule has 0 unspecified atom stereocenters. The van der Waals surface area contributed by atoms with E-state index in [9.17, 15) is 19.5 Å². The molecule has 0 bridgehead atoms. The van der Waals surface area contributed by atoms with Crippen molar-refractivity contribution in [3.05, 3.63) is 21.7 Å². The Morgan fingerprint density at radius 2 is 2.17 bits per heavy atom. The van der Waals surface area contributed by atoms with Crippen molar-refractivity contribution in [3.8, 4) is 0 Å². The van der Waals surface area contributed by atoms with E-state index in [2.05, 4.69) is 15.5 Å². The number of likely N-dealkylation sites (N-methyl/N-ethyl adjacent to an activating group) is 1. The summed E-state index contributed by atoms with van der Waals surface area (Å²) in [6, 6.07) is -1.32. The lowest BCUT2D eigenvalue weighted by Gasteiger charge is -2.50. The SMILES string of the molecule is CO/N=C(/C(=O)N[C@@H]1C(=O)N2C(C(=O)O)=C(C[N+](C)(C)C)SC[C@H]12)c1csc(N)n1. The van der Waals surface area contributed by atoms with Gasteiger partial charge in [0, 0.05) is 11.1 Å². The molecule has 0 radical (unpaired) electrons. The van der Waals surface area contributed by atoms with Crippen LogP contribution < -0.4 is 11.1 Å². The Bertz CT molecular complexity index is 951. The molecule has 3 rings (SSSR count). The summed E-state index contributed by atoms with van der Waals surface area (Å²) in [6.45, 7) is 0.482. The molecule has 1 aromatic rings. The Balaban J connectivity index is 1.80. The normalized spacial score (nSPS) is 21.8. The number of anilines is 1. The number of hydrogen-bond acceptors (Lipinski definition) is 9. The van der Waals surface area contributed by atoms with Crippen LogP contribution in [0.5, 0.6) is 0 Å². The maximum absolute atomic E-state index is 12.8. The minimum absolute atomic E-state index is 0.0159. The standard InChI is InChI=1S/C17H22N6O5S2/c1-23(2,3)5-10-13(16(26)27)22-9(7-29-10)12(15(22)25)20-14(24)11(21-28-4)8-6-30-17(18)19-8/h6,9,12H,5,7H2,1-4H3,(H3-,18,19,20,24,26,27)/p+1/b21-11+/t9-,12+/m1/s1. The van der Waals surface area contributed by atoms with E-state index < -0.39 is 29.9 Å². The van der Waals surface area contributed by atoms with Crippen LogP contribution in [0.1, 0.15) is 5.69 Å². The smallest absolute Gasteiger partial charge is 0.353 e. The molecule has 11 nitrogen and oxygen atoms in total. The van der Waals surface area contributed by atoms with E-state index >= 15 is 0 Å². The van der Waals surface area contributed by atoms with Gasteiger partial charge in [-0.2, -0.15) is 0 Å². The van der Waals surface area contributed by atoms with Gasteiger partial charge in [0.15, 0.2) is 10.8 Å². The number of nitrogens with zero attached hydrogens (tertiary/aromatic N) is 4. The molecule has 2 aliphatic rings. The van der Waals surface area contributed by atoms with Crippen molar-refractivity contribution >= 4 is 51.7 Å². The molecule has 2 atom stereocenters. The van der Waals surface area contributed by atoms with Gasteiger partial charge in [0.05, 0.1) is 32.1 Å². The molecule has 1 saturated heterocycles. The Morgan fingerprint density at radius 1 is 1.47 bits per heavy atom. The van der Waals surface area contributed by atoms with E-state index in [0.29, 0.717) is 21.7 Å². The fourth-order valence-electron chi connectivity index (χ4n) is 3.21. The first-order valence-corrected chi connectivity index (χ1v) is 10.8. The summed E-state index contributed by atoms with van der Waals surface area (Å²) in [7, 11) is 7.13. The number of carbonyl (C=O) groups excluding carboxylic acids is 2. The highest BCUT2D eigenvalue weighted by Gasteiger charge is 2.54. The van der Waals surface area contributed by atoms with Gasteiger partial charge in [0.2, 0.25) is 0 Å². The summed E-state index contributed by atoms with van der Waals surface area (Å²) < 4.78 is 0.527. The van der Waals surface area contributed by atoms with E-state index in [1.807, 2.05) is 21.1 Å². The van der Waals surface area contributed by atoms with E-state index in [4.69, 9.17) is 10.6 Å². The third-order valence-corrected chi connectivity index (χ3v) is 6.28. The largest absolute Gasteiger partial charge is 0.477 e. The van der Waals surface area contributed by atoms with E-state index in [0.717, 1.165) is 11.3 Å². The van der Waals surface area contributed by atoms with Gasteiger partial charge in [0.1, 0.15) is 31.1 Å². The first kappa shape index (κ1) is 22.1. The van der Waals surface area contributed by atoms with Gasteiger partial charge in [-0.1, -0.05) is 5.16 Å². The second kappa shape index (κ2) is 8.24. The molecule has 0 aliphatic carbocycles. The number of oxime groups is 1. The highest BCUT2D eigenvalue weighted by Crippen LogP contribution is 2.39. The molecule has 4 N–H and O–H groups in total. The van der Waals surface area contributed by atoms with Crippen molar-refractivity contribution in [3.63, 3.8) is 0 Å². The van der Waals surface area contributed by atoms with Crippen molar-refractivity contribution < 1.29 is 28.8 Å². The lowest BCUT2D eigenvalue weighted by Crippen LogP contribution is -2.73. The van der Waals surface area contributed by atoms with Gasteiger partial charge in [-0.3, -0.25) is 14.5 Å². The third kappa shape index (κ3) is 4.27. The average molecular weight is 456 g/mol. The molecule has 1 aromatic heterocycles. The van der Waals surface area contributed by atoms with Crippen LogP contribution in [-0.2, 0) is 19.2 Å². The van der Waals surface area contributed by atoms with Gasteiger partial charge in [-0.15, -0.1) is 23.1 Å². The number of carbonyl (C=O) groups is 3. The maximum atomic E-state index is 12.8. The number of β-lactam (4-membered cyclic amide) rings is 1. The molecular weight excluding hydrogens is 432 g/mol. The number of thiazole rings is 1. The van der Waals surface area contributed by atoms with Crippen molar-refractivity contribution in [1.29, 1.82) is 0 Å². The number of nitrogens with one attached hydrogen (secondary N) is 1. The highest BCUT2D eigenvalue weighted by molar-refractivity contribution is 8.03. The van der Waals surface area contributed by atoms with Crippen LogP contribution in [0.3, 0.4) is 0 Å². The lowest BCUT2D eigenvalue weighted by molar-refractivity contribution is -0.864. The van der Waals surface area contributed by atoms with Crippen LogP contribution in [0, 0.1) is 0 Å². The number of hydrogen-bond donors (Lipinski definition) is 3. The number of nitrogens with two attached hydrogens (primary N) is 1. The van der Waals surface area contributed by atoms with Crippen LogP contribution in [0.15, 0.2) is 21.1 Å². The van der Waals surface area contributed by atoms with E-state index in [-0.39, 0.29) is 22.2 Å². The fourth-order valence-corrected chi connectivity index (χ4v) is 5.28. The van der Waals surface area contributed by atoms with Gasteiger partial charge in [-0.05, 0) is 0 Å². The number of nitrogen functional groups attached to an aromatic ring is 1. The Kier molecular flexibility index (Phi) is 6.06. The van der Waals surface area contributed by atoms with Crippen molar-refractivity contribution in [2.45, 2.75) is 12.1 Å². The van der Waals surface area contributed by atoms with Gasteiger partial charge in [-0.25, -0.2) is 9.78 Å². The van der Waals surface area contributed by atoms with Crippen LogP contribution in [0.25, 0.3) is 0 Å². The Morgan fingerprint density at radius 3 is 2.70 bits per heavy atom. The number of quaternary nitrogens is 1. The topological polar surface area (TPSA) is 147 Å². The summed E-state index contributed by atoms with van der Waals surface area (Å²) in [5, 5.41) is 17.9. The third-order valence-electron chi connectivity index (χ3n) is 4.42. The number of aliphatic carboxylic acids is 1. The van der Waals surface area contributed by atoms with Crippen molar-refractivity contribution in [2.24, 2.45) is 5.16 Å². The summed E-state index contributed by atoms with van der Waals surface area (Å²) in [5.74, 6) is -1.81. The minimum atomic E-state index is -1.16. The van der Waals surface area contributed by atoms with Crippen molar-refractivity contribution in [1.82, 2.24) is 15.2 Å². The van der Waals surface area contributed by atoms with Gasteiger partial charge >= 0.3 is 5.97 Å². The molecule has 30 heavy (non-hydrogen) atoms. The Hall–Kier alpha value is -2.64. The van der Waals surface area contributed by atoms with Crippen LogP contribution in [0.2, 0.25) is 0 Å². The molecule has 0 aromatic carbocycles. The summed E-state index contributed by atoms with van der Waals surface area (Å²) in [6.07, 6.45) is 0. The number of amides is 2. The van der Waals surface area contributed by atoms with E-state index in [1.165, 1.54) is 23.8 Å². The molecule has 0 spiro atoms. The second-order valence-electron chi connectivity index (χ2n) is 7.76. The number of thioether (sulfide) groups is 1. The molecule has 2 aliphatic heterocycles. The zero-order valence-electron chi connectivity index (χ0n) is 16.9. The van der Waals surface area contributed by atoms with Crippen LogP contribution >= 0.6 is 23.1 Å². The lowest BCUT2D eigenvalue weighted by atomic mass is 9.94. The number of carboxylic acids is 1. The van der Waals surface area contributed by atoms with Crippen molar-refractivity contribution in [2.75, 3.05) is 46.3 Å². The predicted octanol–water partition coefficient (Wildman–Crippen LogP) is -0.479. The zero-order chi connectivity index (χ0) is 22.2. The van der Waals surface area contributed by atoms with Crippen LogP contribution in [0.4, 0.5) is 5.13 Å². The molecule has 2 amide bonds. The zero-order valence-corrected chi connectivity index (χ0v) is 18.5. The number of fused-ring (bicyclic) bond motifs is 1. The predicted molar refractivity (Wildman–Crippen MR) is 113 cm³/mol. The molecule has 162 valence electrons. The number of rotatable bonds is 7. The molecule has 0 saturated carbocycles. The van der Waals surface area contributed by atoms with Gasteiger partial charge < -0.3 is 25.5 Å². The first-order chi connectivity index (χ1) is 14.0.